The molecule has 1 aromatic heterocycles. The molecular weight excluding hydrogens is 258 g/mol. The van der Waals surface area contributed by atoms with Gasteiger partial charge in [-0.2, -0.15) is 5.10 Å². The van der Waals surface area contributed by atoms with E-state index in [1.54, 1.807) is 0 Å². The second-order valence-electron chi connectivity index (χ2n) is 7.02. The fraction of sp³-hybridized carbons (Fsp3) is 0.833. The molecule has 0 bridgehead atoms. The molecule has 3 nitrogen and oxygen atoms in total. The van der Waals surface area contributed by atoms with Crippen molar-refractivity contribution in [3.8, 4) is 0 Å². The van der Waals surface area contributed by atoms with Gasteiger partial charge in [0.25, 0.3) is 0 Å². The molecule has 1 atom stereocenters. The molecular formula is C18H33N3. The third kappa shape index (κ3) is 4.09. The Labute approximate surface area is 130 Å². The Balaban J connectivity index is 2.15. The lowest BCUT2D eigenvalue weighted by Gasteiger charge is -2.41. The van der Waals surface area contributed by atoms with Crippen LogP contribution in [0, 0.1) is 12.3 Å². The summed E-state index contributed by atoms with van der Waals surface area (Å²) in [5.41, 5.74) is 3.00. The lowest BCUT2D eigenvalue weighted by Crippen LogP contribution is -2.46. The van der Waals surface area contributed by atoms with Crippen molar-refractivity contribution in [2.75, 3.05) is 6.54 Å². The Morgan fingerprint density at radius 3 is 2.62 bits per heavy atom. The van der Waals surface area contributed by atoms with Crippen molar-refractivity contribution in [2.45, 2.75) is 85.2 Å². The van der Waals surface area contributed by atoms with Crippen molar-refractivity contribution in [3.63, 3.8) is 0 Å². The van der Waals surface area contributed by atoms with Crippen LogP contribution in [0.2, 0.25) is 0 Å². The quantitative estimate of drug-likeness (QED) is 0.820. The van der Waals surface area contributed by atoms with Gasteiger partial charge in [-0.25, -0.2) is 0 Å². The van der Waals surface area contributed by atoms with E-state index in [-0.39, 0.29) is 0 Å². The van der Waals surface area contributed by atoms with Crippen molar-refractivity contribution < 1.29 is 0 Å². The molecule has 0 radical (unpaired) electrons. The molecule has 1 heterocycles. The van der Waals surface area contributed by atoms with Crippen LogP contribution in [-0.2, 0) is 13.0 Å². The molecule has 1 saturated carbocycles. The molecule has 1 aliphatic rings. The zero-order valence-electron chi connectivity index (χ0n) is 14.4. The summed E-state index contributed by atoms with van der Waals surface area (Å²) in [4.78, 5) is 0. The number of hydrogen-bond acceptors (Lipinski definition) is 2. The Kier molecular flexibility index (Phi) is 5.86. The number of rotatable bonds is 7. The minimum Gasteiger partial charge on any atom is -0.313 e. The van der Waals surface area contributed by atoms with Crippen LogP contribution in [0.5, 0.6) is 0 Å². The Morgan fingerprint density at radius 2 is 2.00 bits per heavy atom. The maximum Gasteiger partial charge on any atom is 0.0596 e. The van der Waals surface area contributed by atoms with E-state index < -0.39 is 0 Å². The summed E-state index contributed by atoms with van der Waals surface area (Å²) in [5, 5.41) is 8.47. The Hall–Kier alpha value is -0.830. The van der Waals surface area contributed by atoms with Gasteiger partial charge in [-0.3, -0.25) is 4.68 Å². The van der Waals surface area contributed by atoms with Gasteiger partial charge in [-0.1, -0.05) is 33.1 Å². The van der Waals surface area contributed by atoms with E-state index in [1.165, 1.54) is 44.2 Å². The van der Waals surface area contributed by atoms with Gasteiger partial charge >= 0.3 is 0 Å². The smallest absolute Gasteiger partial charge is 0.0596 e. The first-order valence-electron chi connectivity index (χ1n) is 8.85. The summed E-state index contributed by atoms with van der Waals surface area (Å²) in [5.74, 6) is 0. The first kappa shape index (κ1) is 16.5. The third-order valence-electron chi connectivity index (χ3n) is 5.18. The van der Waals surface area contributed by atoms with Crippen LogP contribution in [-0.4, -0.2) is 22.4 Å². The number of aryl methyl sites for hydroxylation is 2. The summed E-state index contributed by atoms with van der Waals surface area (Å²) < 4.78 is 2.18. The van der Waals surface area contributed by atoms with Gasteiger partial charge in [0, 0.05) is 24.7 Å². The highest BCUT2D eigenvalue weighted by Crippen LogP contribution is 2.40. The second kappa shape index (κ2) is 7.44. The van der Waals surface area contributed by atoms with E-state index in [9.17, 15) is 0 Å². The maximum absolute atomic E-state index is 4.62. The molecule has 1 N–H and O–H groups in total. The molecule has 1 unspecified atom stereocenters. The van der Waals surface area contributed by atoms with Crippen LogP contribution in [0.1, 0.15) is 70.7 Å². The van der Waals surface area contributed by atoms with Crippen LogP contribution in [0.25, 0.3) is 0 Å². The molecule has 0 spiro atoms. The SMILES string of the molecule is CCCNC(Cc1cc(C)nn1CC)C1(C)CCCCC1. The van der Waals surface area contributed by atoms with E-state index in [0.717, 1.165) is 25.2 Å². The fourth-order valence-corrected chi connectivity index (χ4v) is 3.84. The lowest BCUT2D eigenvalue weighted by atomic mass is 9.69. The molecule has 0 aromatic carbocycles. The molecule has 0 saturated heterocycles. The van der Waals surface area contributed by atoms with E-state index in [0.29, 0.717) is 11.5 Å². The minimum absolute atomic E-state index is 0.449. The minimum atomic E-state index is 0.449. The molecule has 3 heteroatoms. The average molecular weight is 291 g/mol. The van der Waals surface area contributed by atoms with E-state index >= 15 is 0 Å². The molecule has 0 amide bonds. The van der Waals surface area contributed by atoms with Crippen LogP contribution in [0.4, 0.5) is 0 Å². The number of aromatic nitrogens is 2. The molecule has 21 heavy (non-hydrogen) atoms. The molecule has 120 valence electrons. The largest absolute Gasteiger partial charge is 0.313 e. The predicted octanol–water partition coefficient (Wildman–Crippen LogP) is 4.09. The molecule has 1 fully saturated rings. The van der Waals surface area contributed by atoms with Crippen molar-refractivity contribution in [1.82, 2.24) is 15.1 Å². The standard InChI is InChI=1S/C18H33N3/c1-5-12-19-17(18(4)10-8-7-9-11-18)14-16-13-15(3)20-21(16)6-2/h13,17,19H,5-12,14H2,1-4H3. The summed E-state index contributed by atoms with van der Waals surface area (Å²) >= 11 is 0. The lowest BCUT2D eigenvalue weighted by molar-refractivity contribution is 0.142. The van der Waals surface area contributed by atoms with Crippen LogP contribution in [0.15, 0.2) is 6.07 Å². The average Bonchev–Trinajstić information content (AvgIpc) is 2.84. The monoisotopic (exact) mass is 291 g/mol. The van der Waals surface area contributed by atoms with Gasteiger partial charge < -0.3 is 5.32 Å². The van der Waals surface area contributed by atoms with Crippen LogP contribution < -0.4 is 5.32 Å². The summed E-state index contributed by atoms with van der Waals surface area (Å²) in [6.45, 7) is 11.1. The second-order valence-corrected chi connectivity index (χ2v) is 7.02. The van der Waals surface area contributed by atoms with Gasteiger partial charge in [-0.15, -0.1) is 0 Å². The highest BCUT2D eigenvalue weighted by molar-refractivity contribution is 5.12. The van der Waals surface area contributed by atoms with Gasteiger partial charge in [0.05, 0.1) is 5.69 Å². The normalized spacial score (nSPS) is 19.6. The summed E-state index contributed by atoms with van der Waals surface area (Å²) in [6, 6.07) is 2.86. The first-order chi connectivity index (χ1) is 10.1. The first-order valence-corrected chi connectivity index (χ1v) is 8.85. The number of hydrogen-bond donors (Lipinski definition) is 1. The predicted molar refractivity (Wildman–Crippen MR) is 89.6 cm³/mol. The fourth-order valence-electron chi connectivity index (χ4n) is 3.84. The van der Waals surface area contributed by atoms with Crippen molar-refractivity contribution in [3.05, 3.63) is 17.5 Å². The van der Waals surface area contributed by atoms with Gasteiger partial charge in [-0.05, 0) is 51.1 Å². The van der Waals surface area contributed by atoms with Crippen LogP contribution in [0.3, 0.4) is 0 Å². The van der Waals surface area contributed by atoms with Gasteiger partial charge in [0.15, 0.2) is 0 Å². The van der Waals surface area contributed by atoms with E-state index in [4.69, 9.17) is 0 Å². The summed E-state index contributed by atoms with van der Waals surface area (Å²) in [6.07, 6.45) is 9.27. The molecule has 1 aromatic rings. The number of nitrogens with zero attached hydrogens (tertiary/aromatic N) is 2. The zero-order valence-corrected chi connectivity index (χ0v) is 14.4. The number of nitrogens with one attached hydrogen (secondary N) is 1. The molecule has 1 aliphatic carbocycles. The Bertz CT molecular complexity index is 430. The van der Waals surface area contributed by atoms with E-state index in [1.807, 2.05) is 0 Å². The molecule has 2 rings (SSSR count). The Morgan fingerprint density at radius 1 is 1.29 bits per heavy atom. The highest BCUT2D eigenvalue weighted by atomic mass is 15.3. The van der Waals surface area contributed by atoms with Crippen molar-refractivity contribution in [2.24, 2.45) is 5.41 Å². The highest BCUT2D eigenvalue weighted by Gasteiger charge is 2.35. The van der Waals surface area contributed by atoms with Crippen molar-refractivity contribution >= 4 is 0 Å². The van der Waals surface area contributed by atoms with Crippen molar-refractivity contribution in [1.29, 1.82) is 0 Å². The molecule has 0 aliphatic heterocycles. The maximum atomic E-state index is 4.62. The van der Waals surface area contributed by atoms with Gasteiger partial charge in [0.1, 0.15) is 0 Å². The van der Waals surface area contributed by atoms with Gasteiger partial charge in [0.2, 0.25) is 0 Å². The summed E-state index contributed by atoms with van der Waals surface area (Å²) in [7, 11) is 0. The topological polar surface area (TPSA) is 29.9 Å². The third-order valence-corrected chi connectivity index (χ3v) is 5.18. The van der Waals surface area contributed by atoms with Crippen LogP contribution >= 0.6 is 0 Å². The van der Waals surface area contributed by atoms with E-state index in [2.05, 4.69) is 48.9 Å². The zero-order chi connectivity index (χ0) is 15.3.